The standard InChI is InChI=1S/C17H18N2O2/c20-17-16(18-9-10-19-17)14-7-4-8-15(11-14)21-12-13-5-2-1-3-6-13/h1-8,11,16,18H,9-10,12H2,(H,19,20). The highest BCUT2D eigenvalue weighted by atomic mass is 16.5. The van der Waals surface area contributed by atoms with Crippen LogP contribution in [0.4, 0.5) is 0 Å². The van der Waals surface area contributed by atoms with Gasteiger partial charge in [0.25, 0.3) is 0 Å². The van der Waals surface area contributed by atoms with E-state index >= 15 is 0 Å². The summed E-state index contributed by atoms with van der Waals surface area (Å²) >= 11 is 0. The number of carbonyl (C=O) groups is 1. The van der Waals surface area contributed by atoms with Crippen LogP contribution in [0.25, 0.3) is 0 Å². The Kier molecular flexibility index (Phi) is 4.17. The molecule has 1 aliphatic heterocycles. The van der Waals surface area contributed by atoms with Gasteiger partial charge in [-0.1, -0.05) is 42.5 Å². The van der Waals surface area contributed by atoms with Gasteiger partial charge in [0.05, 0.1) is 0 Å². The van der Waals surface area contributed by atoms with Crippen LogP contribution >= 0.6 is 0 Å². The second-order valence-electron chi connectivity index (χ2n) is 5.02. The Morgan fingerprint density at radius 3 is 2.71 bits per heavy atom. The van der Waals surface area contributed by atoms with Gasteiger partial charge in [-0.3, -0.25) is 4.79 Å². The largest absolute Gasteiger partial charge is 0.489 e. The minimum atomic E-state index is -0.293. The third-order valence-corrected chi connectivity index (χ3v) is 3.47. The lowest BCUT2D eigenvalue weighted by atomic mass is 10.0. The van der Waals surface area contributed by atoms with E-state index in [2.05, 4.69) is 10.6 Å². The Labute approximate surface area is 124 Å². The topological polar surface area (TPSA) is 50.4 Å². The molecule has 0 saturated carbocycles. The summed E-state index contributed by atoms with van der Waals surface area (Å²) in [5, 5.41) is 6.08. The zero-order valence-electron chi connectivity index (χ0n) is 11.7. The predicted octanol–water partition coefficient (Wildman–Crippen LogP) is 2.03. The van der Waals surface area contributed by atoms with Gasteiger partial charge in [-0.2, -0.15) is 0 Å². The van der Waals surface area contributed by atoms with Crippen LogP contribution in [0.2, 0.25) is 0 Å². The fourth-order valence-electron chi connectivity index (χ4n) is 2.39. The van der Waals surface area contributed by atoms with E-state index in [9.17, 15) is 4.79 Å². The van der Waals surface area contributed by atoms with Crippen LogP contribution in [0.5, 0.6) is 5.75 Å². The van der Waals surface area contributed by atoms with E-state index in [1.807, 2.05) is 54.6 Å². The number of nitrogens with one attached hydrogen (secondary N) is 2. The first-order chi connectivity index (χ1) is 10.3. The first-order valence-electron chi connectivity index (χ1n) is 7.11. The molecule has 0 spiro atoms. The SMILES string of the molecule is O=C1NCCNC1c1cccc(OCc2ccccc2)c1. The molecule has 2 aromatic rings. The maximum atomic E-state index is 11.9. The molecule has 0 bridgehead atoms. The van der Waals surface area contributed by atoms with Gasteiger partial charge in [0, 0.05) is 13.1 Å². The summed E-state index contributed by atoms with van der Waals surface area (Å²) in [7, 11) is 0. The Morgan fingerprint density at radius 2 is 1.90 bits per heavy atom. The summed E-state index contributed by atoms with van der Waals surface area (Å²) < 4.78 is 5.80. The van der Waals surface area contributed by atoms with Crippen molar-refractivity contribution in [2.45, 2.75) is 12.6 Å². The van der Waals surface area contributed by atoms with Crippen LogP contribution in [0.15, 0.2) is 54.6 Å². The van der Waals surface area contributed by atoms with Crippen molar-refractivity contribution in [3.05, 3.63) is 65.7 Å². The highest BCUT2D eigenvalue weighted by Crippen LogP contribution is 2.21. The van der Waals surface area contributed by atoms with E-state index < -0.39 is 0 Å². The van der Waals surface area contributed by atoms with Crippen LogP contribution in [0, 0.1) is 0 Å². The van der Waals surface area contributed by atoms with Gasteiger partial charge in [-0.05, 0) is 23.3 Å². The zero-order chi connectivity index (χ0) is 14.5. The normalized spacial score (nSPS) is 18.1. The molecule has 1 aliphatic rings. The number of benzene rings is 2. The first kappa shape index (κ1) is 13.6. The van der Waals surface area contributed by atoms with Crippen molar-refractivity contribution < 1.29 is 9.53 Å². The van der Waals surface area contributed by atoms with E-state index in [0.717, 1.165) is 23.4 Å². The molecular formula is C17H18N2O2. The molecule has 108 valence electrons. The highest BCUT2D eigenvalue weighted by Gasteiger charge is 2.23. The van der Waals surface area contributed by atoms with Gasteiger partial charge in [-0.25, -0.2) is 0 Å². The van der Waals surface area contributed by atoms with Crippen molar-refractivity contribution in [3.63, 3.8) is 0 Å². The third kappa shape index (κ3) is 3.41. The van der Waals surface area contributed by atoms with Crippen LogP contribution in [-0.4, -0.2) is 19.0 Å². The fourth-order valence-corrected chi connectivity index (χ4v) is 2.39. The predicted molar refractivity (Wildman–Crippen MR) is 81.0 cm³/mol. The second kappa shape index (κ2) is 6.41. The number of ether oxygens (including phenoxy) is 1. The highest BCUT2D eigenvalue weighted by molar-refractivity contribution is 5.84. The molecule has 1 atom stereocenters. The number of carbonyl (C=O) groups excluding carboxylic acids is 1. The van der Waals surface area contributed by atoms with E-state index in [1.54, 1.807) is 0 Å². The zero-order valence-corrected chi connectivity index (χ0v) is 11.7. The molecule has 21 heavy (non-hydrogen) atoms. The lowest BCUT2D eigenvalue weighted by Crippen LogP contribution is -2.47. The Bertz CT molecular complexity index is 613. The smallest absolute Gasteiger partial charge is 0.241 e. The summed E-state index contributed by atoms with van der Waals surface area (Å²) in [6.07, 6.45) is 0. The van der Waals surface area contributed by atoms with Crippen LogP contribution < -0.4 is 15.4 Å². The summed E-state index contributed by atoms with van der Waals surface area (Å²) in [5.41, 5.74) is 2.05. The fraction of sp³-hybridized carbons (Fsp3) is 0.235. The van der Waals surface area contributed by atoms with Crippen molar-refractivity contribution in [2.75, 3.05) is 13.1 Å². The molecule has 0 radical (unpaired) electrons. The first-order valence-corrected chi connectivity index (χ1v) is 7.11. The van der Waals surface area contributed by atoms with Crippen molar-refractivity contribution in [1.29, 1.82) is 0 Å². The quantitative estimate of drug-likeness (QED) is 0.902. The molecule has 4 heteroatoms. The van der Waals surface area contributed by atoms with E-state index in [-0.39, 0.29) is 11.9 Å². The molecular weight excluding hydrogens is 264 g/mol. The average molecular weight is 282 g/mol. The van der Waals surface area contributed by atoms with Gasteiger partial charge in [0.15, 0.2) is 0 Å². The lowest BCUT2D eigenvalue weighted by Gasteiger charge is -2.24. The lowest BCUT2D eigenvalue weighted by molar-refractivity contribution is -0.124. The molecule has 2 N–H and O–H groups in total. The number of hydrogen-bond donors (Lipinski definition) is 2. The second-order valence-corrected chi connectivity index (χ2v) is 5.02. The Balaban J connectivity index is 1.69. The molecule has 1 saturated heterocycles. The van der Waals surface area contributed by atoms with Gasteiger partial charge in [-0.15, -0.1) is 0 Å². The van der Waals surface area contributed by atoms with E-state index in [1.165, 1.54) is 0 Å². The van der Waals surface area contributed by atoms with Crippen LogP contribution in [-0.2, 0) is 11.4 Å². The molecule has 4 nitrogen and oxygen atoms in total. The maximum Gasteiger partial charge on any atom is 0.241 e. The summed E-state index contributed by atoms with van der Waals surface area (Å²) in [6, 6.07) is 17.4. The van der Waals surface area contributed by atoms with Crippen molar-refractivity contribution in [3.8, 4) is 5.75 Å². The molecule has 2 aromatic carbocycles. The average Bonchev–Trinajstić information content (AvgIpc) is 2.55. The van der Waals surface area contributed by atoms with Gasteiger partial charge < -0.3 is 15.4 Å². The number of amides is 1. The van der Waals surface area contributed by atoms with Crippen molar-refractivity contribution >= 4 is 5.91 Å². The third-order valence-electron chi connectivity index (χ3n) is 3.47. The van der Waals surface area contributed by atoms with Gasteiger partial charge in [0.2, 0.25) is 5.91 Å². The molecule has 1 heterocycles. The summed E-state index contributed by atoms with van der Waals surface area (Å²) in [4.78, 5) is 11.9. The maximum absolute atomic E-state index is 11.9. The number of rotatable bonds is 4. The molecule has 1 fully saturated rings. The van der Waals surface area contributed by atoms with Crippen molar-refractivity contribution in [2.24, 2.45) is 0 Å². The number of hydrogen-bond acceptors (Lipinski definition) is 3. The van der Waals surface area contributed by atoms with E-state index in [0.29, 0.717) is 13.2 Å². The Hall–Kier alpha value is -2.33. The minimum absolute atomic E-state index is 0.0152. The molecule has 1 amide bonds. The van der Waals surface area contributed by atoms with E-state index in [4.69, 9.17) is 4.74 Å². The van der Waals surface area contributed by atoms with Gasteiger partial charge in [0.1, 0.15) is 18.4 Å². The Morgan fingerprint density at radius 1 is 1.05 bits per heavy atom. The monoisotopic (exact) mass is 282 g/mol. The summed E-state index contributed by atoms with van der Waals surface area (Å²) in [5.74, 6) is 0.790. The number of piperazine rings is 1. The van der Waals surface area contributed by atoms with Gasteiger partial charge >= 0.3 is 0 Å². The van der Waals surface area contributed by atoms with Crippen molar-refractivity contribution in [1.82, 2.24) is 10.6 Å². The molecule has 0 aromatic heterocycles. The molecule has 0 aliphatic carbocycles. The minimum Gasteiger partial charge on any atom is -0.489 e. The summed E-state index contributed by atoms with van der Waals surface area (Å²) in [6.45, 7) is 1.99. The molecule has 1 unspecified atom stereocenters. The van der Waals surface area contributed by atoms with Crippen LogP contribution in [0.1, 0.15) is 17.2 Å². The van der Waals surface area contributed by atoms with Crippen LogP contribution in [0.3, 0.4) is 0 Å². The molecule has 3 rings (SSSR count).